The number of carbonyl (C=O) groups excluding carboxylic acids is 3. The molecule has 1 unspecified atom stereocenters. The fourth-order valence-electron chi connectivity index (χ4n) is 4.44. The van der Waals surface area contributed by atoms with Gasteiger partial charge in [0.15, 0.2) is 5.76 Å². The van der Waals surface area contributed by atoms with Gasteiger partial charge in [-0.1, -0.05) is 48.5 Å². The molecule has 2 aromatic heterocycles. The second-order valence-corrected chi connectivity index (χ2v) is 9.70. The van der Waals surface area contributed by atoms with E-state index in [4.69, 9.17) is 4.74 Å². The van der Waals surface area contributed by atoms with Gasteiger partial charge in [0.25, 0.3) is 5.91 Å². The van der Waals surface area contributed by atoms with Crippen LogP contribution in [0.1, 0.15) is 42.9 Å². The number of thiazole rings is 1. The van der Waals surface area contributed by atoms with Crippen molar-refractivity contribution in [2.75, 3.05) is 7.11 Å². The second-order valence-electron chi connectivity index (χ2n) is 8.70. The first kappa shape index (κ1) is 25.0. The molecule has 8 nitrogen and oxygen atoms in total. The third kappa shape index (κ3) is 4.59. The number of aryl methyl sites for hydroxylation is 1. The Kier molecular flexibility index (Phi) is 6.85. The van der Waals surface area contributed by atoms with Crippen molar-refractivity contribution in [3.05, 3.63) is 118 Å². The van der Waals surface area contributed by atoms with Crippen LogP contribution in [0, 0.1) is 6.92 Å². The van der Waals surface area contributed by atoms with Crippen LogP contribution in [0.15, 0.2) is 90.5 Å². The summed E-state index contributed by atoms with van der Waals surface area (Å²) >= 11 is 1.22. The first-order valence-corrected chi connectivity index (χ1v) is 12.6. The third-order valence-corrected chi connectivity index (χ3v) is 7.50. The minimum absolute atomic E-state index is 0.0314. The zero-order valence-corrected chi connectivity index (χ0v) is 21.4. The molecular weight excluding hydrogens is 502 g/mol. The Morgan fingerprint density at radius 3 is 2.45 bits per heavy atom. The van der Waals surface area contributed by atoms with E-state index in [0.29, 0.717) is 26.7 Å². The molecule has 1 N–H and O–H groups in total. The van der Waals surface area contributed by atoms with E-state index in [1.165, 1.54) is 23.3 Å². The highest BCUT2D eigenvalue weighted by Crippen LogP contribution is 2.41. The molecule has 0 bridgehead atoms. The Bertz CT molecular complexity index is 1550. The SMILES string of the molecule is COC(=O)c1ccc(C2C(C(=O)c3sc(-c4ccccc4)nc3C)=C(O)C(=O)N2Cc2cccnc2)cc1. The quantitative estimate of drug-likeness (QED) is 0.265. The van der Waals surface area contributed by atoms with Crippen molar-refractivity contribution < 1.29 is 24.2 Å². The molecule has 190 valence electrons. The number of ketones is 1. The van der Waals surface area contributed by atoms with E-state index in [1.807, 2.05) is 36.4 Å². The molecule has 9 heteroatoms. The number of Topliss-reactive ketones (excluding diaryl/α,β-unsaturated/α-hetero) is 1. The molecule has 38 heavy (non-hydrogen) atoms. The van der Waals surface area contributed by atoms with Crippen LogP contribution < -0.4 is 0 Å². The summed E-state index contributed by atoms with van der Waals surface area (Å²) in [6.45, 7) is 1.85. The van der Waals surface area contributed by atoms with E-state index < -0.39 is 29.5 Å². The molecule has 5 rings (SSSR count). The first-order valence-electron chi connectivity index (χ1n) is 11.8. The van der Waals surface area contributed by atoms with Gasteiger partial charge in [0.1, 0.15) is 5.01 Å². The van der Waals surface area contributed by atoms with Gasteiger partial charge < -0.3 is 14.7 Å². The molecule has 1 atom stereocenters. The van der Waals surface area contributed by atoms with Gasteiger partial charge in [-0.3, -0.25) is 14.6 Å². The van der Waals surface area contributed by atoms with E-state index in [0.717, 1.165) is 11.1 Å². The zero-order chi connectivity index (χ0) is 26.8. The largest absolute Gasteiger partial charge is 0.503 e. The average Bonchev–Trinajstić information content (AvgIpc) is 3.46. The van der Waals surface area contributed by atoms with Gasteiger partial charge >= 0.3 is 5.97 Å². The molecule has 2 aromatic carbocycles. The topological polar surface area (TPSA) is 110 Å². The number of hydrogen-bond acceptors (Lipinski definition) is 8. The second kappa shape index (κ2) is 10.4. The number of hydrogen-bond donors (Lipinski definition) is 1. The van der Waals surface area contributed by atoms with E-state index in [-0.39, 0.29) is 12.1 Å². The van der Waals surface area contributed by atoms with Gasteiger partial charge in [0, 0.05) is 24.5 Å². The number of aliphatic hydroxyl groups excluding tert-OH is 1. The van der Waals surface area contributed by atoms with E-state index >= 15 is 0 Å². The highest BCUT2D eigenvalue weighted by Gasteiger charge is 2.44. The van der Waals surface area contributed by atoms with Gasteiger partial charge in [-0.15, -0.1) is 11.3 Å². The van der Waals surface area contributed by atoms with Crippen molar-refractivity contribution in [2.45, 2.75) is 19.5 Å². The number of carbonyl (C=O) groups is 3. The van der Waals surface area contributed by atoms with Crippen molar-refractivity contribution in [1.82, 2.24) is 14.9 Å². The molecule has 1 aliphatic heterocycles. The lowest BCUT2D eigenvalue weighted by Gasteiger charge is -2.27. The minimum atomic E-state index is -0.886. The van der Waals surface area contributed by atoms with Crippen LogP contribution in [0.3, 0.4) is 0 Å². The molecule has 0 saturated heterocycles. The summed E-state index contributed by atoms with van der Waals surface area (Å²) < 4.78 is 4.79. The summed E-state index contributed by atoms with van der Waals surface area (Å²) in [5, 5.41) is 11.7. The summed E-state index contributed by atoms with van der Waals surface area (Å²) in [5.74, 6) is -2.24. The fourth-order valence-corrected chi connectivity index (χ4v) is 5.46. The normalized spacial score (nSPS) is 15.2. The third-order valence-electron chi connectivity index (χ3n) is 6.30. The highest BCUT2D eigenvalue weighted by atomic mass is 32.1. The fraction of sp³-hybridized carbons (Fsp3) is 0.138. The van der Waals surface area contributed by atoms with Crippen molar-refractivity contribution in [3.8, 4) is 10.6 Å². The minimum Gasteiger partial charge on any atom is -0.503 e. The number of ether oxygens (including phenoxy) is 1. The monoisotopic (exact) mass is 525 g/mol. The van der Waals surface area contributed by atoms with Gasteiger partial charge in [0.2, 0.25) is 5.78 Å². The van der Waals surface area contributed by atoms with Crippen molar-refractivity contribution >= 4 is 29.0 Å². The first-order chi connectivity index (χ1) is 18.4. The number of nitrogens with zero attached hydrogens (tertiary/aromatic N) is 3. The van der Waals surface area contributed by atoms with Gasteiger partial charge in [0.05, 0.1) is 34.9 Å². The Hall–Kier alpha value is -4.63. The predicted octanol–water partition coefficient (Wildman–Crippen LogP) is 5.08. The number of aromatic nitrogens is 2. The standard InChI is InChI=1S/C29H23N3O5S/c1-17-26(38-27(31-17)20-8-4-3-5-9-20)24(33)22-23(19-10-12-21(13-11-19)29(36)37-2)32(28(35)25(22)34)16-18-7-6-14-30-15-18/h3-15,23,34H,16H2,1-2H3. The predicted molar refractivity (Wildman–Crippen MR) is 142 cm³/mol. The van der Waals surface area contributed by atoms with Gasteiger partial charge in [-0.2, -0.15) is 0 Å². The summed E-state index contributed by atoms with van der Waals surface area (Å²) in [6, 6.07) is 18.6. The van der Waals surface area contributed by atoms with Crippen LogP contribution in [0.5, 0.6) is 0 Å². The molecule has 1 aliphatic rings. The average molecular weight is 526 g/mol. The Labute approximate surface area is 222 Å². The number of amides is 1. The van der Waals surface area contributed by atoms with Gasteiger partial charge in [-0.05, 0) is 36.2 Å². The van der Waals surface area contributed by atoms with E-state index in [1.54, 1.807) is 49.6 Å². The van der Waals surface area contributed by atoms with Crippen LogP contribution in [-0.2, 0) is 16.1 Å². The van der Waals surface area contributed by atoms with Crippen molar-refractivity contribution in [3.63, 3.8) is 0 Å². The number of aliphatic hydroxyl groups is 1. The number of benzene rings is 2. The summed E-state index contributed by atoms with van der Waals surface area (Å²) in [7, 11) is 1.29. The lowest BCUT2D eigenvalue weighted by molar-refractivity contribution is -0.130. The Balaban J connectivity index is 1.58. The number of pyridine rings is 1. The van der Waals surface area contributed by atoms with Crippen LogP contribution in [-0.4, -0.2) is 44.7 Å². The lowest BCUT2D eigenvalue weighted by Crippen LogP contribution is -2.30. The molecule has 3 heterocycles. The van der Waals surface area contributed by atoms with Crippen LogP contribution in [0.25, 0.3) is 10.6 Å². The van der Waals surface area contributed by atoms with Crippen LogP contribution in [0.2, 0.25) is 0 Å². The van der Waals surface area contributed by atoms with Crippen LogP contribution in [0.4, 0.5) is 0 Å². The van der Waals surface area contributed by atoms with Crippen LogP contribution >= 0.6 is 11.3 Å². The van der Waals surface area contributed by atoms with E-state index in [2.05, 4.69) is 9.97 Å². The van der Waals surface area contributed by atoms with E-state index in [9.17, 15) is 19.5 Å². The number of esters is 1. The molecule has 0 radical (unpaired) electrons. The molecule has 0 aliphatic carbocycles. The molecular formula is C29H23N3O5S. The number of methoxy groups -OCH3 is 1. The zero-order valence-electron chi connectivity index (χ0n) is 20.6. The number of rotatable bonds is 7. The molecule has 1 amide bonds. The molecule has 0 fully saturated rings. The maximum Gasteiger partial charge on any atom is 0.337 e. The molecule has 4 aromatic rings. The summed E-state index contributed by atoms with van der Waals surface area (Å²) in [4.78, 5) is 49.7. The van der Waals surface area contributed by atoms with Crippen molar-refractivity contribution in [2.24, 2.45) is 0 Å². The van der Waals surface area contributed by atoms with Crippen molar-refractivity contribution in [1.29, 1.82) is 0 Å². The summed E-state index contributed by atoms with van der Waals surface area (Å²) in [6.07, 6.45) is 3.25. The summed E-state index contributed by atoms with van der Waals surface area (Å²) in [5.41, 5.74) is 2.97. The molecule has 0 spiro atoms. The Morgan fingerprint density at radius 1 is 1.05 bits per heavy atom. The smallest absolute Gasteiger partial charge is 0.337 e. The van der Waals surface area contributed by atoms with Gasteiger partial charge in [-0.25, -0.2) is 9.78 Å². The Morgan fingerprint density at radius 2 is 1.79 bits per heavy atom. The highest BCUT2D eigenvalue weighted by molar-refractivity contribution is 7.17. The molecule has 0 saturated carbocycles. The maximum atomic E-state index is 14.0. The lowest BCUT2D eigenvalue weighted by atomic mass is 9.94. The maximum absolute atomic E-state index is 14.0.